The second-order valence-corrected chi connectivity index (χ2v) is 5.33. The van der Waals surface area contributed by atoms with E-state index in [1.807, 2.05) is 0 Å². The molecule has 0 unspecified atom stereocenters. The summed E-state index contributed by atoms with van der Waals surface area (Å²) in [6.07, 6.45) is 0.389. The average molecular weight is 344 g/mol. The molecule has 7 heteroatoms. The van der Waals surface area contributed by atoms with E-state index in [9.17, 15) is 30.6 Å². The molecule has 0 heterocycles. The van der Waals surface area contributed by atoms with Crippen molar-refractivity contribution in [3.8, 4) is 11.5 Å². The van der Waals surface area contributed by atoms with Crippen LogP contribution in [-0.4, -0.2) is 60.2 Å². The Morgan fingerprint density at radius 3 is 1.00 bits per heavy atom. The molecule has 0 aliphatic heterocycles. The quantitative estimate of drug-likeness (QED) is 0.411. The molecule has 2 aromatic rings. The van der Waals surface area contributed by atoms with Crippen molar-refractivity contribution in [2.24, 2.45) is 0 Å². The summed E-state index contributed by atoms with van der Waals surface area (Å²) in [6, 6.07) is 6.49. The number of hydrogen-bond donors (Lipinski definition) is 6. The van der Waals surface area contributed by atoms with Crippen LogP contribution in [0.15, 0.2) is 24.3 Å². The molecule has 0 saturated carbocycles. The van der Waals surface area contributed by atoms with Gasteiger partial charge >= 0.3 is 29.6 Å². The van der Waals surface area contributed by atoms with Crippen molar-refractivity contribution >= 4 is 29.6 Å². The van der Waals surface area contributed by atoms with E-state index >= 15 is 0 Å². The topological polar surface area (TPSA) is 121 Å². The van der Waals surface area contributed by atoms with Gasteiger partial charge in [-0.15, -0.1) is 0 Å². The SMILES string of the molecule is OCc1cc(Cc2cc(CO)c(O)c(CO)c2)cc(CO)c1O.[NaH]. The summed E-state index contributed by atoms with van der Waals surface area (Å²) in [6.45, 7) is -1.42. The number of benzene rings is 2. The molecule has 0 spiro atoms. The van der Waals surface area contributed by atoms with E-state index in [4.69, 9.17) is 0 Å². The summed E-state index contributed by atoms with van der Waals surface area (Å²) in [5.74, 6) is -0.256. The van der Waals surface area contributed by atoms with Gasteiger partial charge in [0, 0.05) is 22.3 Å². The van der Waals surface area contributed by atoms with Gasteiger partial charge in [-0.2, -0.15) is 0 Å². The molecule has 0 aliphatic rings. The van der Waals surface area contributed by atoms with E-state index in [0.29, 0.717) is 28.7 Å². The fourth-order valence-corrected chi connectivity index (χ4v) is 2.59. The predicted molar refractivity (Wildman–Crippen MR) is 89.9 cm³/mol. The normalized spacial score (nSPS) is 10.5. The Morgan fingerprint density at radius 1 is 0.542 bits per heavy atom. The number of hydrogen-bond acceptors (Lipinski definition) is 6. The van der Waals surface area contributed by atoms with Crippen LogP contribution in [0.2, 0.25) is 0 Å². The van der Waals surface area contributed by atoms with Crippen LogP contribution in [0.25, 0.3) is 0 Å². The van der Waals surface area contributed by atoms with E-state index in [-0.39, 0.29) is 67.5 Å². The third-order valence-electron chi connectivity index (χ3n) is 3.74. The Morgan fingerprint density at radius 2 is 0.792 bits per heavy atom. The van der Waals surface area contributed by atoms with Crippen LogP contribution in [0, 0.1) is 0 Å². The van der Waals surface area contributed by atoms with Gasteiger partial charge in [-0.1, -0.05) is 0 Å². The van der Waals surface area contributed by atoms with Crippen LogP contribution in [0.3, 0.4) is 0 Å². The number of aliphatic hydroxyl groups excluding tert-OH is 4. The van der Waals surface area contributed by atoms with Gasteiger partial charge in [0.25, 0.3) is 0 Å². The molecule has 2 aromatic carbocycles. The molecule has 0 amide bonds. The van der Waals surface area contributed by atoms with Crippen molar-refractivity contribution in [1.82, 2.24) is 0 Å². The van der Waals surface area contributed by atoms with Gasteiger partial charge in [-0.3, -0.25) is 0 Å². The zero-order chi connectivity index (χ0) is 17.0. The van der Waals surface area contributed by atoms with E-state index in [2.05, 4.69) is 0 Å². The van der Waals surface area contributed by atoms with Gasteiger partial charge in [0.15, 0.2) is 0 Å². The Hall–Kier alpha value is -1.12. The van der Waals surface area contributed by atoms with Gasteiger partial charge in [-0.25, -0.2) is 0 Å². The first-order valence-corrected chi connectivity index (χ1v) is 7.14. The summed E-state index contributed by atoms with van der Waals surface area (Å²) < 4.78 is 0. The zero-order valence-electron chi connectivity index (χ0n) is 12.5. The first-order valence-electron chi connectivity index (χ1n) is 7.14. The number of phenols is 2. The maximum absolute atomic E-state index is 9.86. The molecule has 2 rings (SSSR count). The van der Waals surface area contributed by atoms with E-state index < -0.39 is 0 Å². The second-order valence-electron chi connectivity index (χ2n) is 5.33. The van der Waals surface area contributed by atoms with E-state index in [1.165, 1.54) is 0 Å². The van der Waals surface area contributed by atoms with Crippen LogP contribution in [0.4, 0.5) is 0 Å². The minimum atomic E-state index is -0.355. The molecule has 6 nitrogen and oxygen atoms in total. The number of aromatic hydroxyl groups is 2. The molecular formula is C17H21NaO6. The fourth-order valence-electron chi connectivity index (χ4n) is 2.59. The molecule has 6 N–H and O–H groups in total. The van der Waals surface area contributed by atoms with Gasteiger partial charge in [0.1, 0.15) is 11.5 Å². The van der Waals surface area contributed by atoms with Crippen molar-refractivity contribution in [1.29, 1.82) is 0 Å². The molecule has 0 bridgehead atoms. The average Bonchev–Trinajstić information content (AvgIpc) is 2.57. The summed E-state index contributed by atoms with van der Waals surface area (Å²) >= 11 is 0. The Balaban J connectivity index is 0.00000288. The second kappa shape index (κ2) is 9.39. The van der Waals surface area contributed by atoms with E-state index in [1.54, 1.807) is 24.3 Å². The zero-order valence-corrected chi connectivity index (χ0v) is 12.5. The minimum absolute atomic E-state index is 0. The van der Waals surface area contributed by atoms with Crippen LogP contribution >= 0.6 is 0 Å². The maximum atomic E-state index is 9.86. The van der Waals surface area contributed by atoms with Crippen molar-refractivity contribution in [3.63, 3.8) is 0 Å². The molecule has 0 aromatic heterocycles. The monoisotopic (exact) mass is 344 g/mol. The molecule has 24 heavy (non-hydrogen) atoms. The summed E-state index contributed by atoms with van der Waals surface area (Å²) in [4.78, 5) is 0. The fraction of sp³-hybridized carbons (Fsp3) is 0.294. The van der Waals surface area contributed by atoms with Crippen molar-refractivity contribution < 1.29 is 30.6 Å². The first-order chi connectivity index (χ1) is 11.0. The van der Waals surface area contributed by atoms with Crippen molar-refractivity contribution in [3.05, 3.63) is 57.6 Å². The predicted octanol–water partition coefficient (Wildman–Crippen LogP) is 0.00930. The first kappa shape index (κ1) is 20.9. The standard InChI is InChI=1S/C17H20O6.Na.H/c18-6-12-2-10(3-13(7-19)16(12)22)1-11-4-14(8-20)17(23)15(5-11)9-21;;/h2-5,18-23H,1,6-9H2;;. The van der Waals surface area contributed by atoms with Crippen LogP contribution < -0.4 is 0 Å². The number of aliphatic hydroxyl groups is 4. The van der Waals surface area contributed by atoms with Crippen molar-refractivity contribution in [2.75, 3.05) is 0 Å². The molecule has 0 saturated heterocycles. The van der Waals surface area contributed by atoms with Crippen molar-refractivity contribution in [2.45, 2.75) is 32.8 Å². The third kappa shape index (κ3) is 4.49. The molecule has 0 atom stereocenters. The third-order valence-corrected chi connectivity index (χ3v) is 3.74. The van der Waals surface area contributed by atoms with E-state index in [0.717, 1.165) is 11.1 Å². The van der Waals surface area contributed by atoms with Gasteiger partial charge in [0.2, 0.25) is 0 Å². The van der Waals surface area contributed by atoms with Crippen LogP contribution in [0.1, 0.15) is 33.4 Å². The molecule has 126 valence electrons. The number of rotatable bonds is 6. The molecule has 0 fully saturated rings. The summed E-state index contributed by atoms with van der Waals surface area (Å²) in [5, 5.41) is 56.9. The van der Waals surface area contributed by atoms with Crippen LogP contribution in [-0.2, 0) is 32.8 Å². The van der Waals surface area contributed by atoms with Gasteiger partial charge in [-0.05, 0) is 41.8 Å². The Kier molecular flexibility index (Phi) is 8.18. The molecular weight excluding hydrogens is 323 g/mol. The Bertz CT molecular complexity index is 592. The summed E-state index contributed by atoms with van der Waals surface area (Å²) in [7, 11) is 0. The summed E-state index contributed by atoms with van der Waals surface area (Å²) in [5.41, 5.74) is 2.75. The molecule has 0 aliphatic carbocycles. The van der Waals surface area contributed by atoms with Crippen LogP contribution in [0.5, 0.6) is 11.5 Å². The molecule has 0 radical (unpaired) electrons. The Labute approximate surface area is 161 Å². The van der Waals surface area contributed by atoms with Gasteiger partial charge < -0.3 is 30.6 Å². The van der Waals surface area contributed by atoms with Gasteiger partial charge in [0.05, 0.1) is 26.4 Å².